The Balaban J connectivity index is 2.01. The van der Waals surface area contributed by atoms with Crippen molar-refractivity contribution in [2.24, 2.45) is 5.92 Å². The van der Waals surface area contributed by atoms with Crippen LogP contribution in [0.2, 0.25) is 0 Å². The van der Waals surface area contributed by atoms with E-state index < -0.39 is 0 Å². The first-order chi connectivity index (χ1) is 11.7. The molecule has 0 amide bonds. The van der Waals surface area contributed by atoms with Crippen molar-refractivity contribution in [1.29, 1.82) is 0 Å². The standard InChI is InChI=1S/C22H20N2/c1-15-12-13-19-20(14-15)24-21(17-9-4-3-5-10-17)22(23-19)18-11-7-6-8-16(18)2/h3-7,9-14,16H,8H2,1-2H3. The molecule has 1 aromatic heterocycles. The Hall–Kier alpha value is -2.74. The van der Waals surface area contributed by atoms with Gasteiger partial charge >= 0.3 is 0 Å². The summed E-state index contributed by atoms with van der Waals surface area (Å²) in [6.45, 7) is 4.35. The lowest BCUT2D eigenvalue weighted by atomic mass is 9.89. The first kappa shape index (κ1) is 14.8. The van der Waals surface area contributed by atoms with E-state index in [2.05, 4.69) is 74.5 Å². The summed E-state index contributed by atoms with van der Waals surface area (Å²) in [6, 6.07) is 16.6. The predicted molar refractivity (Wildman–Crippen MR) is 101 cm³/mol. The fourth-order valence-electron chi connectivity index (χ4n) is 3.22. The Morgan fingerprint density at radius 3 is 2.50 bits per heavy atom. The smallest absolute Gasteiger partial charge is 0.0969 e. The van der Waals surface area contributed by atoms with E-state index in [1.54, 1.807) is 0 Å². The van der Waals surface area contributed by atoms with Crippen LogP contribution >= 0.6 is 0 Å². The lowest BCUT2D eigenvalue weighted by Gasteiger charge is -2.19. The molecule has 1 unspecified atom stereocenters. The zero-order valence-corrected chi connectivity index (χ0v) is 14.0. The fourth-order valence-corrected chi connectivity index (χ4v) is 3.22. The van der Waals surface area contributed by atoms with Crippen LogP contribution in [0.15, 0.2) is 66.8 Å². The van der Waals surface area contributed by atoms with Crippen LogP contribution in [0.25, 0.3) is 27.9 Å². The largest absolute Gasteiger partial charge is 0.244 e. The highest BCUT2D eigenvalue weighted by atomic mass is 14.8. The summed E-state index contributed by atoms with van der Waals surface area (Å²) in [7, 11) is 0. The number of rotatable bonds is 2. The zero-order valence-electron chi connectivity index (χ0n) is 14.0. The third kappa shape index (κ3) is 2.65. The summed E-state index contributed by atoms with van der Waals surface area (Å²) < 4.78 is 0. The quantitative estimate of drug-likeness (QED) is 0.617. The minimum Gasteiger partial charge on any atom is -0.244 e. The molecule has 0 bridgehead atoms. The number of fused-ring (bicyclic) bond motifs is 1. The van der Waals surface area contributed by atoms with E-state index in [1.165, 1.54) is 11.1 Å². The van der Waals surface area contributed by atoms with Gasteiger partial charge in [0.15, 0.2) is 0 Å². The van der Waals surface area contributed by atoms with Crippen LogP contribution in [0, 0.1) is 12.8 Å². The summed E-state index contributed by atoms with van der Waals surface area (Å²) >= 11 is 0. The summed E-state index contributed by atoms with van der Waals surface area (Å²) in [4.78, 5) is 9.99. The number of allylic oxidation sites excluding steroid dienone is 4. The Morgan fingerprint density at radius 1 is 0.917 bits per heavy atom. The second-order valence-electron chi connectivity index (χ2n) is 6.47. The van der Waals surface area contributed by atoms with Gasteiger partial charge in [0.1, 0.15) is 0 Å². The predicted octanol–water partition coefficient (Wildman–Crippen LogP) is 5.58. The highest BCUT2D eigenvalue weighted by Gasteiger charge is 2.19. The number of aryl methyl sites for hydroxylation is 1. The highest BCUT2D eigenvalue weighted by Crippen LogP contribution is 2.34. The minimum atomic E-state index is 0.453. The highest BCUT2D eigenvalue weighted by molar-refractivity contribution is 5.86. The van der Waals surface area contributed by atoms with E-state index in [0.717, 1.165) is 34.4 Å². The molecule has 1 heterocycles. The monoisotopic (exact) mass is 312 g/mol. The van der Waals surface area contributed by atoms with Gasteiger partial charge in [0.25, 0.3) is 0 Å². The van der Waals surface area contributed by atoms with Crippen molar-refractivity contribution in [3.05, 3.63) is 78.0 Å². The molecule has 3 aromatic rings. The SMILES string of the molecule is Cc1ccc2nc(C3=CC=CCC3C)c(-c3ccccc3)nc2c1. The number of aromatic nitrogens is 2. The molecule has 0 N–H and O–H groups in total. The number of hydrogen-bond acceptors (Lipinski definition) is 2. The van der Waals surface area contributed by atoms with Gasteiger partial charge in [0.2, 0.25) is 0 Å². The molecule has 0 spiro atoms. The van der Waals surface area contributed by atoms with Crippen molar-refractivity contribution in [3.8, 4) is 11.3 Å². The first-order valence-corrected chi connectivity index (χ1v) is 8.43. The maximum absolute atomic E-state index is 5.00. The fraction of sp³-hybridized carbons (Fsp3) is 0.182. The van der Waals surface area contributed by atoms with Crippen molar-refractivity contribution in [3.63, 3.8) is 0 Å². The third-order valence-corrected chi connectivity index (χ3v) is 4.57. The van der Waals surface area contributed by atoms with E-state index in [-0.39, 0.29) is 0 Å². The van der Waals surface area contributed by atoms with Crippen molar-refractivity contribution < 1.29 is 0 Å². The Labute approximate surface area is 142 Å². The van der Waals surface area contributed by atoms with Crippen molar-refractivity contribution in [1.82, 2.24) is 9.97 Å². The molecule has 0 saturated heterocycles. The number of benzene rings is 2. The molecule has 24 heavy (non-hydrogen) atoms. The van der Waals surface area contributed by atoms with E-state index in [1.807, 2.05) is 6.07 Å². The van der Waals surface area contributed by atoms with Gasteiger partial charge in [-0.1, -0.05) is 61.5 Å². The van der Waals surface area contributed by atoms with Gasteiger partial charge in [-0.05, 0) is 42.5 Å². The van der Waals surface area contributed by atoms with E-state index in [0.29, 0.717) is 5.92 Å². The van der Waals surface area contributed by atoms with Gasteiger partial charge in [-0.3, -0.25) is 0 Å². The van der Waals surface area contributed by atoms with E-state index in [9.17, 15) is 0 Å². The summed E-state index contributed by atoms with van der Waals surface area (Å²) in [5.74, 6) is 0.453. The minimum absolute atomic E-state index is 0.453. The lowest BCUT2D eigenvalue weighted by molar-refractivity contribution is 0.754. The molecule has 2 nitrogen and oxygen atoms in total. The Morgan fingerprint density at radius 2 is 1.71 bits per heavy atom. The lowest BCUT2D eigenvalue weighted by Crippen LogP contribution is -2.06. The molecule has 1 aliphatic rings. The summed E-state index contributed by atoms with van der Waals surface area (Å²) in [5, 5.41) is 0. The molecule has 1 atom stereocenters. The topological polar surface area (TPSA) is 25.8 Å². The van der Waals surface area contributed by atoms with Crippen LogP contribution in [-0.4, -0.2) is 9.97 Å². The summed E-state index contributed by atoms with van der Waals surface area (Å²) in [6.07, 6.45) is 7.58. The second-order valence-corrected chi connectivity index (χ2v) is 6.47. The maximum Gasteiger partial charge on any atom is 0.0969 e. The van der Waals surface area contributed by atoms with Crippen LogP contribution in [0.5, 0.6) is 0 Å². The van der Waals surface area contributed by atoms with Crippen LogP contribution in [0.4, 0.5) is 0 Å². The van der Waals surface area contributed by atoms with Crippen molar-refractivity contribution in [2.45, 2.75) is 20.3 Å². The molecule has 0 aliphatic heterocycles. The van der Waals surface area contributed by atoms with E-state index in [4.69, 9.17) is 9.97 Å². The van der Waals surface area contributed by atoms with Crippen LogP contribution in [0.1, 0.15) is 24.6 Å². The average molecular weight is 312 g/mol. The molecule has 4 rings (SSSR count). The molecular formula is C22H20N2. The van der Waals surface area contributed by atoms with Gasteiger partial charge in [0, 0.05) is 5.56 Å². The van der Waals surface area contributed by atoms with Gasteiger partial charge in [0.05, 0.1) is 22.4 Å². The molecule has 2 heteroatoms. The number of hydrogen-bond donors (Lipinski definition) is 0. The maximum atomic E-state index is 5.00. The van der Waals surface area contributed by atoms with Crippen molar-refractivity contribution in [2.75, 3.05) is 0 Å². The van der Waals surface area contributed by atoms with Gasteiger partial charge in [-0.2, -0.15) is 0 Å². The zero-order chi connectivity index (χ0) is 16.5. The van der Waals surface area contributed by atoms with Crippen LogP contribution < -0.4 is 0 Å². The van der Waals surface area contributed by atoms with Crippen LogP contribution in [-0.2, 0) is 0 Å². The molecule has 2 aromatic carbocycles. The molecule has 118 valence electrons. The second kappa shape index (κ2) is 6.04. The molecular weight excluding hydrogens is 292 g/mol. The van der Waals surface area contributed by atoms with E-state index >= 15 is 0 Å². The van der Waals surface area contributed by atoms with Crippen LogP contribution in [0.3, 0.4) is 0 Å². The summed E-state index contributed by atoms with van der Waals surface area (Å²) in [5.41, 5.74) is 7.49. The average Bonchev–Trinajstić information content (AvgIpc) is 2.62. The first-order valence-electron chi connectivity index (χ1n) is 8.43. The van der Waals surface area contributed by atoms with Gasteiger partial charge in [-0.25, -0.2) is 9.97 Å². The molecule has 0 radical (unpaired) electrons. The van der Waals surface area contributed by atoms with Gasteiger partial charge in [-0.15, -0.1) is 0 Å². The normalized spacial score (nSPS) is 17.1. The molecule has 1 aliphatic carbocycles. The number of nitrogens with zero attached hydrogens (tertiary/aromatic N) is 2. The van der Waals surface area contributed by atoms with Crippen molar-refractivity contribution >= 4 is 16.6 Å². The third-order valence-electron chi connectivity index (χ3n) is 4.57. The van der Waals surface area contributed by atoms with Gasteiger partial charge < -0.3 is 0 Å². The molecule has 0 fully saturated rings. The Bertz CT molecular complexity index is 952. The Kier molecular flexibility index (Phi) is 3.73. The molecule has 0 saturated carbocycles.